The van der Waals surface area contributed by atoms with Crippen LogP contribution in [0.1, 0.15) is 55.1 Å². The minimum absolute atomic E-state index is 0.0169. The summed E-state index contributed by atoms with van der Waals surface area (Å²) in [6.45, 7) is 7.64. The van der Waals surface area contributed by atoms with E-state index in [1.165, 1.54) is 24.1 Å². The molecule has 0 atom stereocenters. The lowest BCUT2D eigenvalue weighted by atomic mass is 9.89. The van der Waals surface area contributed by atoms with E-state index in [2.05, 4.69) is 58.7 Å². The topological polar surface area (TPSA) is 58.6 Å². The lowest BCUT2D eigenvalue weighted by Crippen LogP contribution is -2.34. The van der Waals surface area contributed by atoms with Gasteiger partial charge in [0.15, 0.2) is 5.78 Å². The maximum Gasteiger partial charge on any atom is 0.412 e. The van der Waals surface area contributed by atoms with Gasteiger partial charge < -0.3 is 9.64 Å². The van der Waals surface area contributed by atoms with Crippen LogP contribution in [0.4, 0.5) is 16.2 Å². The maximum absolute atomic E-state index is 13.4. The number of thiophene rings is 1. The summed E-state index contributed by atoms with van der Waals surface area (Å²) in [5, 5.41) is 4.88. The molecule has 0 bridgehead atoms. The van der Waals surface area contributed by atoms with E-state index in [9.17, 15) is 9.59 Å². The summed E-state index contributed by atoms with van der Waals surface area (Å²) < 4.78 is 5.46. The molecular weight excluding hydrogens is 528 g/mol. The molecule has 41 heavy (non-hydrogen) atoms. The average Bonchev–Trinajstić information content (AvgIpc) is 3.49. The third kappa shape index (κ3) is 7.86. The number of amides is 1. The summed E-state index contributed by atoms with van der Waals surface area (Å²) in [5.74, 6) is 0.668. The number of anilines is 2. The van der Waals surface area contributed by atoms with Crippen molar-refractivity contribution in [1.29, 1.82) is 0 Å². The van der Waals surface area contributed by atoms with Crippen LogP contribution < -0.4 is 10.2 Å². The van der Waals surface area contributed by atoms with Crippen molar-refractivity contribution >= 4 is 34.6 Å². The Bertz CT molecular complexity index is 1450. The van der Waals surface area contributed by atoms with Gasteiger partial charge in [-0.3, -0.25) is 10.1 Å². The number of carbonyl (C=O) groups excluding carboxylic acids is 2. The fraction of sp³-hybridized carbons (Fsp3) is 0.314. The van der Waals surface area contributed by atoms with Crippen molar-refractivity contribution < 1.29 is 14.3 Å². The highest BCUT2D eigenvalue weighted by Gasteiger charge is 2.21. The number of piperidine rings is 1. The zero-order chi connectivity index (χ0) is 28.8. The Balaban J connectivity index is 1.23. The molecule has 1 aliphatic heterocycles. The molecule has 3 aromatic carbocycles. The summed E-state index contributed by atoms with van der Waals surface area (Å²) in [7, 11) is 0. The predicted octanol–water partition coefficient (Wildman–Crippen LogP) is 8.65. The highest BCUT2D eigenvalue weighted by molar-refractivity contribution is 7.13. The Morgan fingerprint density at radius 2 is 1.66 bits per heavy atom. The van der Waals surface area contributed by atoms with E-state index in [0.717, 1.165) is 35.5 Å². The van der Waals surface area contributed by atoms with Gasteiger partial charge in [-0.15, -0.1) is 11.3 Å². The predicted molar refractivity (Wildman–Crippen MR) is 169 cm³/mol. The quantitative estimate of drug-likeness (QED) is 0.217. The lowest BCUT2D eigenvalue weighted by Gasteiger charge is -2.33. The zero-order valence-corrected chi connectivity index (χ0v) is 24.9. The molecule has 0 unspecified atom stereocenters. The van der Waals surface area contributed by atoms with Gasteiger partial charge in [0.2, 0.25) is 0 Å². The van der Waals surface area contributed by atoms with E-state index < -0.39 is 11.7 Å². The highest BCUT2D eigenvalue weighted by Crippen LogP contribution is 2.30. The van der Waals surface area contributed by atoms with E-state index in [1.807, 2.05) is 62.5 Å². The summed E-state index contributed by atoms with van der Waals surface area (Å²) in [5.41, 5.74) is 5.01. The molecule has 5 nitrogen and oxygen atoms in total. The maximum atomic E-state index is 13.4. The van der Waals surface area contributed by atoms with E-state index >= 15 is 0 Å². The number of benzene rings is 3. The Hall–Kier alpha value is -3.90. The van der Waals surface area contributed by atoms with Gasteiger partial charge in [-0.1, -0.05) is 54.6 Å². The molecule has 4 aromatic rings. The van der Waals surface area contributed by atoms with Crippen molar-refractivity contribution in [1.82, 2.24) is 0 Å². The first-order valence-electron chi connectivity index (χ1n) is 14.3. The van der Waals surface area contributed by atoms with Crippen molar-refractivity contribution in [3.05, 3.63) is 107 Å². The Morgan fingerprint density at radius 3 is 2.32 bits per heavy atom. The van der Waals surface area contributed by atoms with Crippen LogP contribution in [0.3, 0.4) is 0 Å². The van der Waals surface area contributed by atoms with Gasteiger partial charge >= 0.3 is 6.09 Å². The second kappa shape index (κ2) is 12.7. The van der Waals surface area contributed by atoms with Gasteiger partial charge in [-0.25, -0.2) is 4.79 Å². The monoisotopic (exact) mass is 566 g/mol. The number of carbonyl (C=O) groups is 2. The van der Waals surface area contributed by atoms with Crippen molar-refractivity contribution in [2.24, 2.45) is 5.92 Å². The van der Waals surface area contributed by atoms with E-state index in [-0.39, 0.29) is 12.2 Å². The van der Waals surface area contributed by atoms with Gasteiger partial charge in [0.05, 0.1) is 0 Å². The molecule has 1 aliphatic rings. The lowest BCUT2D eigenvalue weighted by molar-refractivity contribution is 0.0635. The molecule has 1 aromatic heterocycles. The highest BCUT2D eigenvalue weighted by atomic mass is 32.1. The van der Waals surface area contributed by atoms with Gasteiger partial charge in [-0.2, -0.15) is 0 Å². The summed E-state index contributed by atoms with van der Waals surface area (Å²) in [6, 6.07) is 28.6. The molecule has 1 N–H and O–H groups in total. The number of ketones is 1. The van der Waals surface area contributed by atoms with E-state index in [1.54, 1.807) is 11.3 Å². The normalized spacial score (nSPS) is 14.1. The van der Waals surface area contributed by atoms with Crippen LogP contribution in [-0.2, 0) is 17.6 Å². The molecule has 212 valence electrons. The minimum Gasteiger partial charge on any atom is -0.444 e. The number of para-hydroxylation sites is 1. The number of nitrogens with zero attached hydrogens (tertiary/aromatic N) is 1. The molecule has 6 heteroatoms. The molecule has 1 fully saturated rings. The van der Waals surface area contributed by atoms with Crippen LogP contribution in [0.2, 0.25) is 0 Å². The number of hydrogen-bond acceptors (Lipinski definition) is 5. The van der Waals surface area contributed by atoms with Crippen molar-refractivity contribution in [3.63, 3.8) is 0 Å². The van der Waals surface area contributed by atoms with Crippen LogP contribution in [0, 0.1) is 5.92 Å². The second-order valence-electron chi connectivity index (χ2n) is 11.7. The number of nitrogens with one attached hydrogen (secondary N) is 1. The van der Waals surface area contributed by atoms with E-state index in [0.29, 0.717) is 17.2 Å². The fourth-order valence-corrected chi connectivity index (χ4v) is 6.06. The molecule has 0 aliphatic carbocycles. The van der Waals surface area contributed by atoms with Crippen LogP contribution in [0.25, 0.3) is 10.4 Å². The van der Waals surface area contributed by atoms with Gasteiger partial charge in [-0.05, 0) is 98.4 Å². The first-order valence-corrected chi connectivity index (χ1v) is 15.2. The molecule has 5 rings (SSSR count). The number of rotatable bonds is 8. The fourth-order valence-electron chi connectivity index (χ4n) is 5.34. The van der Waals surface area contributed by atoms with Gasteiger partial charge in [0, 0.05) is 41.3 Å². The van der Waals surface area contributed by atoms with Crippen molar-refractivity contribution in [2.45, 2.75) is 52.1 Å². The van der Waals surface area contributed by atoms with Crippen molar-refractivity contribution in [2.75, 3.05) is 23.3 Å². The molecule has 1 saturated heterocycles. The standard InChI is InChI=1S/C35H38N2O3S/c1-35(2,3)40-34(39)36-31-16-15-28(33-10-7-21-41-33)23-29(31)24-32(38)27-13-11-25(12-14-27)22-26-17-19-37(20-18-26)30-8-5-4-6-9-30/h4-16,21,23,26H,17-20,22,24H2,1-3H3,(H,36,39). The molecule has 0 radical (unpaired) electrons. The minimum atomic E-state index is -0.613. The SMILES string of the molecule is CC(C)(C)OC(=O)Nc1ccc(-c2cccs2)cc1CC(=O)c1ccc(CC2CCN(c3ccccc3)CC2)cc1. The number of hydrogen-bond donors (Lipinski definition) is 1. The molecule has 0 spiro atoms. The smallest absolute Gasteiger partial charge is 0.412 e. The van der Waals surface area contributed by atoms with E-state index in [4.69, 9.17) is 4.74 Å². The molecule has 0 saturated carbocycles. The molecular formula is C35H38N2O3S. The summed E-state index contributed by atoms with van der Waals surface area (Å²) >= 11 is 1.64. The Morgan fingerprint density at radius 1 is 0.927 bits per heavy atom. The first-order chi connectivity index (χ1) is 19.7. The zero-order valence-electron chi connectivity index (χ0n) is 24.1. The first kappa shape index (κ1) is 28.6. The van der Waals surface area contributed by atoms with Gasteiger partial charge in [0.25, 0.3) is 0 Å². The third-order valence-corrected chi connectivity index (χ3v) is 8.35. The summed E-state index contributed by atoms with van der Waals surface area (Å²) in [6.07, 6.45) is 3.02. The van der Waals surface area contributed by atoms with Gasteiger partial charge in [0.1, 0.15) is 5.60 Å². The van der Waals surface area contributed by atoms with Crippen LogP contribution in [-0.4, -0.2) is 30.6 Å². The third-order valence-electron chi connectivity index (χ3n) is 7.43. The number of ether oxygens (including phenoxy) is 1. The molecule has 1 amide bonds. The summed E-state index contributed by atoms with van der Waals surface area (Å²) in [4.78, 5) is 29.5. The van der Waals surface area contributed by atoms with Crippen molar-refractivity contribution in [3.8, 4) is 10.4 Å². The largest absolute Gasteiger partial charge is 0.444 e. The molecule has 2 heterocycles. The Kier molecular flexibility index (Phi) is 8.89. The number of Topliss-reactive ketones (excluding diaryl/α,β-unsaturated/α-hetero) is 1. The van der Waals surface area contributed by atoms with Crippen LogP contribution in [0.15, 0.2) is 90.3 Å². The second-order valence-corrected chi connectivity index (χ2v) is 12.7. The van der Waals surface area contributed by atoms with Crippen LogP contribution >= 0.6 is 11.3 Å². The Labute approximate surface area is 247 Å². The average molecular weight is 567 g/mol. The van der Waals surface area contributed by atoms with Crippen LogP contribution in [0.5, 0.6) is 0 Å².